The molecule has 2 nitrogen and oxygen atoms in total. The third-order valence-corrected chi connectivity index (χ3v) is 2.12. The summed E-state index contributed by atoms with van der Waals surface area (Å²) in [4.78, 5) is 0. The molecule has 2 N–H and O–H groups in total. The predicted molar refractivity (Wildman–Crippen MR) is 41.8 cm³/mol. The highest BCUT2D eigenvalue weighted by atomic mass is 16.3. The number of hydrogen-bond donors (Lipinski definition) is 2. The normalized spacial score (nSPS) is 33.9. The Morgan fingerprint density at radius 1 is 1.70 bits per heavy atom. The third kappa shape index (κ3) is 2.67. The summed E-state index contributed by atoms with van der Waals surface area (Å²) in [6.45, 7) is 5.91. The second-order valence-electron chi connectivity index (χ2n) is 3.48. The van der Waals surface area contributed by atoms with Crippen LogP contribution in [0.15, 0.2) is 0 Å². The molecule has 1 aliphatic rings. The second-order valence-corrected chi connectivity index (χ2v) is 3.48. The summed E-state index contributed by atoms with van der Waals surface area (Å²) in [6.07, 6.45) is 1.17. The predicted octanol–water partition coefficient (Wildman–Crippen LogP) is 0.613. The standard InChI is InChI=1S/C8H17NO/c1-6-3-8(6)5-9-4-7(2)10/h6-10H,3-5H2,1-2H3/t6?,7-,8?/m1/s1. The maximum absolute atomic E-state index is 8.89. The molecular weight excluding hydrogens is 126 g/mol. The second kappa shape index (κ2) is 3.35. The number of aliphatic hydroxyl groups excluding tert-OH is 1. The van der Waals surface area contributed by atoms with Crippen molar-refractivity contribution in [3.05, 3.63) is 0 Å². The highest BCUT2D eigenvalue weighted by Crippen LogP contribution is 2.36. The van der Waals surface area contributed by atoms with Crippen LogP contribution in [0.5, 0.6) is 0 Å². The van der Waals surface area contributed by atoms with Gasteiger partial charge in [-0.1, -0.05) is 6.92 Å². The summed E-state index contributed by atoms with van der Waals surface area (Å²) in [5, 5.41) is 12.1. The Morgan fingerprint density at radius 3 is 2.70 bits per heavy atom. The maximum atomic E-state index is 8.89. The third-order valence-electron chi connectivity index (χ3n) is 2.12. The van der Waals surface area contributed by atoms with Crippen molar-refractivity contribution >= 4 is 0 Å². The first-order chi connectivity index (χ1) is 4.70. The van der Waals surface area contributed by atoms with Gasteiger partial charge in [-0.3, -0.25) is 0 Å². The lowest BCUT2D eigenvalue weighted by molar-refractivity contribution is 0.191. The van der Waals surface area contributed by atoms with Crippen LogP contribution in [0.1, 0.15) is 20.3 Å². The monoisotopic (exact) mass is 143 g/mol. The van der Waals surface area contributed by atoms with Gasteiger partial charge in [-0.15, -0.1) is 0 Å². The molecule has 2 unspecified atom stereocenters. The van der Waals surface area contributed by atoms with Crippen molar-refractivity contribution in [3.63, 3.8) is 0 Å². The van der Waals surface area contributed by atoms with Crippen molar-refractivity contribution in [2.24, 2.45) is 11.8 Å². The molecule has 0 amide bonds. The Bertz CT molecular complexity index is 103. The molecule has 0 heterocycles. The smallest absolute Gasteiger partial charge is 0.0636 e. The summed E-state index contributed by atoms with van der Waals surface area (Å²) in [6, 6.07) is 0. The van der Waals surface area contributed by atoms with Crippen LogP contribution in [0.25, 0.3) is 0 Å². The summed E-state index contributed by atoms with van der Waals surface area (Å²) in [7, 11) is 0. The molecule has 2 heteroatoms. The van der Waals surface area contributed by atoms with E-state index in [0.717, 1.165) is 24.9 Å². The van der Waals surface area contributed by atoms with E-state index < -0.39 is 0 Å². The largest absolute Gasteiger partial charge is 0.392 e. The van der Waals surface area contributed by atoms with E-state index in [-0.39, 0.29) is 6.10 Å². The molecule has 0 radical (unpaired) electrons. The van der Waals surface area contributed by atoms with Gasteiger partial charge in [0, 0.05) is 6.54 Å². The van der Waals surface area contributed by atoms with Crippen LogP contribution in [-0.2, 0) is 0 Å². The lowest BCUT2D eigenvalue weighted by Gasteiger charge is -2.04. The molecule has 1 rings (SSSR count). The fourth-order valence-corrected chi connectivity index (χ4v) is 1.16. The van der Waals surface area contributed by atoms with Crippen molar-refractivity contribution < 1.29 is 5.11 Å². The van der Waals surface area contributed by atoms with Gasteiger partial charge in [-0.2, -0.15) is 0 Å². The van der Waals surface area contributed by atoms with Crippen LogP contribution in [0, 0.1) is 11.8 Å². The minimum Gasteiger partial charge on any atom is -0.392 e. The highest BCUT2D eigenvalue weighted by Gasteiger charge is 2.31. The van der Waals surface area contributed by atoms with Crippen molar-refractivity contribution in [1.82, 2.24) is 5.32 Å². The highest BCUT2D eigenvalue weighted by molar-refractivity contribution is 4.83. The molecule has 1 aliphatic carbocycles. The molecule has 0 bridgehead atoms. The zero-order valence-corrected chi connectivity index (χ0v) is 6.80. The SMILES string of the molecule is CC1CC1CNC[C@@H](C)O. The van der Waals surface area contributed by atoms with E-state index in [1.165, 1.54) is 6.42 Å². The molecule has 1 saturated carbocycles. The molecule has 0 aromatic rings. The van der Waals surface area contributed by atoms with Crippen molar-refractivity contribution in [3.8, 4) is 0 Å². The summed E-state index contributed by atoms with van der Waals surface area (Å²) in [5.41, 5.74) is 0. The zero-order chi connectivity index (χ0) is 7.56. The minimum atomic E-state index is -0.200. The summed E-state index contributed by atoms with van der Waals surface area (Å²) < 4.78 is 0. The molecule has 1 fully saturated rings. The van der Waals surface area contributed by atoms with Gasteiger partial charge in [0.2, 0.25) is 0 Å². The van der Waals surface area contributed by atoms with Crippen LogP contribution in [-0.4, -0.2) is 24.3 Å². The minimum absolute atomic E-state index is 0.200. The first-order valence-electron chi connectivity index (χ1n) is 4.09. The van der Waals surface area contributed by atoms with E-state index in [1.54, 1.807) is 0 Å². The maximum Gasteiger partial charge on any atom is 0.0636 e. The number of nitrogens with one attached hydrogen (secondary N) is 1. The Morgan fingerprint density at radius 2 is 2.30 bits per heavy atom. The quantitative estimate of drug-likeness (QED) is 0.604. The van der Waals surface area contributed by atoms with Crippen LogP contribution in [0.3, 0.4) is 0 Å². The number of aliphatic hydroxyl groups is 1. The van der Waals surface area contributed by atoms with E-state index in [9.17, 15) is 0 Å². The van der Waals surface area contributed by atoms with Crippen molar-refractivity contribution in [2.45, 2.75) is 26.4 Å². The van der Waals surface area contributed by atoms with Gasteiger partial charge < -0.3 is 10.4 Å². The summed E-state index contributed by atoms with van der Waals surface area (Å²) in [5.74, 6) is 1.81. The van der Waals surface area contributed by atoms with Gasteiger partial charge in [-0.25, -0.2) is 0 Å². The van der Waals surface area contributed by atoms with Crippen LogP contribution >= 0.6 is 0 Å². The van der Waals surface area contributed by atoms with Crippen LogP contribution in [0.4, 0.5) is 0 Å². The van der Waals surface area contributed by atoms with Gasteiger partial charge in [-0.05, 0) is 31.7 Å². The Labute approximate surface area is 62.6 Å². The number of hydrogen-bond acceptors (Lipinski definition) is 2. The molecule has 0 aromatic carbocycles. The van der Waals surface area contributed by atoms with Crippen molar-refractivity contribution in [2.75, 3.05) is 13.1 Å². The molecule has 0 spiro atoms. The first kappa shape index (κ1) is 8.02. The van der Waals surface area contributed by atoms with Gasteiger partial charge in [0.25, 0.3) is 0 Å². The molecule has 60 valence electrons. The molecule has 3 atom stereocenters. The van der Waals surface area contributed by atoms with Crippen molar-refractivity contribution in [1.29, 1.82) is 0 Å². The lowest BCUT2D eigenvalue weighted by atomic mass is 10.3. The van der Waals surface area contributed by atoms with Gasteiger partial charge in [0.1, 0.15) is 0 Å². The van der Waals surface area contributed by atoms with E-state index in [4.69, 9.17) is 5.11 Å². The van der Waals surface area contributed by atoms with Crippen LogP contribution < -0.4 is 5.32 Å². The topological polar surface area (TPSA) is 32.3 Å². The van der Waals surface area contributed by atoms with E-state index in [1.807, 2.05) is 6.92 Å². The molecule has 0 saturated heterocycles. The first-order valence-corrected chi connectivity index (χ1v) is 4.09. The molecule has 0 aliphatic heterocycles. The molecule has 0 aromatic heterocycles. The van der Waals surface area contributed by atoms with E-state index in [0.29, 0.717) is 0 Å². The Kier molecular flexibility index (Phi) is 2.69. The average Bonchev–Trinajstić information content (AvgIpc) is 2.46. The van der Waals surface area contributed by atoms with E-state index >= 15 is 0 Å². The van der Waals surface area contributed by atoms with Crippen LogP contribution in [0.2, 0.25) is 0 Å². The Balaban J connectivity index is 1.87. The molecular formula is C8H17NO. The summed E-state index contributed by atoms with van der Waals surface area (Å²) >= 11 is 0. The molecule has 10 heavy (non-hydrogen) atoms. The van der Waals surface area contributed by atoms with Gasteiger partial charge in [0.05, 0.1) is 6.10 Å². The fraction of sp³-hybridized carbons (Fsp3) is 1.00. The van der Waals surface area contributed by atoms with Gasteiger partial charge >= 0.3 is 0 Å². The zero-order valence-electron chi connectivity index (χ0n) is 6.80. The average molecular weight is 143 g/mol. The van der Waals surface area contributed by atoms with E-state index in [2.05, 4.69) is 12.2 Å². The lowest BCUT2D eigenvalue weighted by Crippen LogP contribution is -2.26. The fourth-order valence-electron chi connectivity index (χ4n) is 1.16. The number of rotatable bonds is 4. The van der Waals surface area contributed by atoms with Gasteiger partial charge in [0.15, 0.2) is 0 Å². The Hall–Kier alpha value is -0.0800.